The van der Waals surface area contributed by atoms with Gasteiger partial charge in [0.15, 0.2) is 0 Å². The van der Waals surface area contributed by atoms with Crippen molar-refractivity contribution in [3.63, 3.8) is 0 Å². The lowest BCUT2D eigenvalue weighted by Crippen LogP contribution is -2.29. The molecule has 1 aromatic heterocycles. The maximum Gasteiger partial charge on any atom is 0.416 e. The summed E-state index contributed by atoms with van der Waals surface area (Å²) in [6.07, 6.45) is -3.01. The number of amides is 1. The van der Waals surface area contributed by atoms with Crippen LogP contribution in [0, 0.1) is 5.41 Å². The summed E-state index contributed by atoms with van der Waals surface area (Å²) in [6, 6.07) is 4.91. The van der Waals surface area contributed by atoms with Crippen molar-refractivity contribution in [3.8, 4) is 0 Å². The number of benzene rings is 1. The van der Waals surface area contributed by atoms with E-state index < -0.39 is 17.2 Å². The fourth-order valence-corrected chi connectivity index (χ4v) is 2.75. The Bertz CT molecular complexity index is 713. The summed E-state index contributed by atoms with van der Waals surface area (Å²) >= 11 is 0. The van der Waals surface area contributed by atoms with Gasteiger partial charge in [0, 0.05) is 11.3 Å². The first kappa shape index (κ1) is 14.0. The van der Waals surface area contributed by atoms with Crippen LogP contribution in [0.15, 0.2) is 28.7 Å². The molecule has 1 aliphatic rings. The minimum Gasteiger partial charge on any atom is -0.461 e. The molecule has 112 valence electrons. The molecule has 0 saturated heterocycles. The zero-order chi connectivity index (χ0) is 15.4. The second kappa shape index (κ2) is 4.26. The van der Waals surface area contributed by atoms with Gasteiger partial charge in [-0.3, -0.25) is 4.79 Å². The Morgan fingerprint density at radius 2 is 2.00 bits per heavy atom. The van der Waals surface area contributed by atoms with Crippen molar-refractivity contribution in [1.29, 1.82) is 0 Å². The third kappa shape index (κ3) is 2.18. The first-order valence-corrected chi connectivity index (χ1v) is 6.65. The molecular weight excluding hydrogens is 283 g/mol. The summed E-state index contributed by atoms with van der Waals surface area (Å²) in [5, 5.41) is 0.381. The maximum atomic E-state index is 12.7. The summed E-state index contributed by atoms with van der Waals surface area (Å²) in [7, 11) is 0. The maximum absolute atomic E-state index is 12.7. The lowest BCUT2D eigenvalue weighted by molar-refractivity contribution is -0.137. The zero-order valence-electron chi connectivity index (χ0n) is 11.3. The fraction of sp³-hybridized carbons (Fsp3) is 0.400. The molecule has 6 heteroatoms. The molecule has 1 fully saturated rings. The summed E-state index contributed by atoms with van der Waals surface area (Å²) in [6.45, 7) is 1.82. The highest BCUT2D eigenvalue weighted by Crippen LogP contribution is 2.56. The van der Waals surface area contributed by atoms with Crippen LogP contribution in [0.5, 0.6) is 0 Å². The van der Waals surface area contributed by atoms with Crippen LogP contribution < -0.4 is 5.73 Å². The van der Waals surface area contributed by atoms with Gasteiger partial charge in [0.1, 0.15) is 11.3 Å². The number of carbonyl (C=O) groups is 1. The van der Waals surface area contributed by atoms with Crippen LogP contribution in [-0.2, 0) is 11.0 Å². The normalized spacial score (nSPS) is 18.7. The fourth-order valence-electron chi connectivity index (χ4n) is 2.75. The Morgan fingerprint density at radius 3 is 2.52 bits per heavy atom. The Kier molecular flexibility index (Phi) is 2.83. The van der Waals surface area contributed by atoms with Gasteiger partial charge in [-0.05, 0) is 37.1 Å². The number of primary amides is 1. The highest BCUT2D eigenvalue weighted by Gasteiger charge is 2.54. The molecule has 0 bridgehead atoms. The molecule has 1 aliphatic carbocycles. The van der Waals surface area contributed by atoms with Crippen molar-refractivity contribution in [2.75, 3.05) is 0 Å². The van der Waals surface area contributed by atoms with Crippen LogP contribution in [0.4, 0.5) is 13.2 Å². The van der Waals surface area contributed by atoms with Gasteiger partial charge in [-0.1, -0.05) is 6.92 Å². The molecule has 3 nitrogen and oxygen atoms in total. The van der Waals surface area contributed by atoms with Gasteiger partial charge in [-0.25, -0.2) is 0 Å². The van der Waals surface area contributed by atoms with E-state index in [1.807, 2.05) is 6.92 Å². The summed E-state index contributed by atoms with van der Waals surface area (Å²) in [5.74, 6) is -0.121. The topological polar surface area (TPSA) is 56.2 Å². The smallest absolute Gasteiger partial charge is 0.416 e. The molecule has 2 aromatic rings. The Hall–Kier alpha value is -1.98. The highest BCUT2D eigenvalue weighted by molar-refractivity contribution is 5.85. The van der Waals surface area contributed by atoms with Crippen molar-refractivity contribution >= 4 is 16.9 Å². The molecule has 1 saturated carbocycles. The minimum absolute atomic E-state index is 0.239. The van der Waals surface area contributed by atoms with Gasteiger partial charge in [0.25, 0.3) is 0 Å². The second-order valence-electron chi connectivity index (χ2n) is 5.64. The summed E-state index contributed by atoms with van der Waals surface area (Å²) in [4.78, 5) is 11.5. The molecule has 1 heterocycles. The molecule has 0 spiro atoms. The molecule has 0 unspecified atom stereocenters. The lowest BCUT2D eigenvalue weighted by Gasteiger charge is -2.17. The molecular formula is C15H14F3NO2. The molecule has 3 rings (SSSR count). The number of furan rings is 1. The molecule has 1 atom stereocenters. The molecule has 1 amide bonds. The first-order valence-electron chi connectivity index (χ1n) is 6.65. The quantitative estimate of drug-likeness (QED) is 0.936. The Morgan fingerprint density at radius 1 is 1.33 bits per heavy atom. The number of fused-ring (bicyclic) bond motifs is 1. The average molecular weight is 297 g/mol. The van der Waals surface area contributed by atoms with Crippen molar-refractivity contribution < 1.29 is 22.4 Å². The van der Waals surface area contributed by atoms with Gasteiger partial charge in [0.2, 0.25) is 5.91 Å². The van der Waals surface area contributed by atoms with Crippen LogP contribution in [-0.4, -0.2) is 5.91 Å². The van der Waals surface area contributed by atoms with Crippen LogP contribution in [0.25, 0.3) is 11.0 Å². The number of rotatable bonds is 3. The van der Waals surface area contributed by atoms with E-state index in [1.54, 1.807) is 6.07 Å². The number of carbonyl (C=O) groups excluding carboxylic acids is 1. The van der Waals surface area contributed by atoms with Gasteiger partial charge >= 0.3 is 6.18 Å². The monoisotopic (exact) mass is 297 g/mol. The van der Waals surface area contributed by atoms with Crippen LogP contribution >= 0.6 is 0 Å². The number of hydrogen-bond acceptors (Lipinski definition) is 2. The van der Waals surface area contributed by atoms with Crippen molar-refractivity contribution in [2.24, 2.45) is 11.1 Å². The van der Waals surface area contributed by atoms with Gasteiger partial charge in [-0.15, -0.1) is 0 Å². The van der Waals surface area contributed by atoms with E-state index in [0.717, 1.165) is 12.1 Å². The van der Waals surface area contributed by atoms with E-state index in [0.29, 0.717) is 29.6 Å². The molecule has 2 N–H and O–H groups in total. The molecule has 21 heavy (non-hydrogen) atoms. The van der Waals surface area contributed by atoms with Crippen molar-refractivity contribution in [2.45, 2.75) is 31.9 Å². The predicted octanol–water partition coefficient (Wildman–Crippen LogP) is 3.82. The average Bonchev–Trinajstić information content (AvgIpc) is 3.10. The highest BCUT2D eigenvalue weighted by atomic mass is 19.4. The SMILES string of the molecule is C[C@@H](c1cc2cc(C(F)(F)F)ccc2o1)C1(C(N)=O)CC1. The van der Waals surface area contributed by atoms with E-state index in [9.17, 15) is 18.0 Å². The van der Waals surface area contributed by atoms with E-state index in [2.05, 4.69) is 0 Å². The van der Waals surface area contributed by atoms with E-state index >= 15 is 0 Å². The van der Waals surface area contributed by atoms with E-state index in [1.165, 1.54) is 6.07 Å². The lowest BCUT2D eigenvalue weighted by atomic mass is 9.88. The third-order valence-electron chi connectivity index (χ3n) is 4.40. The Balaban J connectivity index is 2.00. The van der Waals surface area contributed by atoms with Crippen LogP contribution in [0.2, 0.25) is 0 Å². The van der Waals surface area contributed by atoms with Crippen LogP contribution in [0.3, 0.4) is 0 Å². The number of nitrogens with two attached hydrogens (primary N) is 1. The Labute approximate surface area is 118 Å². The largest absolute Gasteiger partial charge is 0.461 e. The predicted molar refractivity (Wildman–Crippen MR) is 70.5 cm³/mol. The first-order chi connectivity index (χ1) is 9.74. The standard InChI is InChI=1S/C15H14F3NO2/c1-8(14(4-5-14)13(19)20)12-7-9-6-10(15(16,17)18)2-3-11(9)21-12/h2-3,6-8H,4-5H2,1H3,(H2,19,20)/t8-/m0/s1. The number of alkyl halides is 3. The summed E-state index contributed by atoms with van der Waals surface area (Å²) in [5.41, 5.74) is 4.47. The molecule has 0 aliphatic heterocycles. The van der Waals surface area contributed by atoms with Gasteiger partial charge in [0.05, 0.1) is 11.0 Å². The molecule has 0 radical (unpaired) electrons. The number of hydrogen-bond donors (Lipinski definition) is 1. The zero-order valence-corrected chi connectivity index (χ0v) is 11.3. The number of halogens is 3. The second-order valence-corrected chi connectivity index (χ2v) is 5.64. The van der Waals surface area contributed by atoms with Gasteiger partial charge < -0.3 is 10.2 Å². The van der Waals surface area contributed by atoms with E-state index in [4.69, 9.17) is 10.2 Å². The van der Waals surface area contributed by atoms with Crippen molar-refractivity contribution in [3.05, 3.63) is 35.6 Å². The molecule has 1 aromatic carbocycles. The summed E-state index contributed by atoms with van der Waals surface area (Å²) < 4.78 is 43.7. The van der Waals surface area contributed by atoms with Gasteiger partial charge in [-0.2, -0.15) is 13.2 Å². The van der Waals surface area contributed by atoms with Crippen molar-refractivity contribution in [1.82, 2.24) is 0 Å². The third-order valence-corrected chi connectivity index (χ3v) is 4.40. The van der Waals surface area contributed by atoms with E-state index in [-0.39, 0.29) is 11.8 Å². The minimum atomic E-state index is -4.39. The van der Waals surface area contributed by atoms with Crippen LogP contribution in [0.1, 0.15) is 37.0 Å².